The van der Waals surface area contributed by atoms with E-state index in [1.165, 1.54) is 18.1 Å². The lowest BCUT2D eigenvalue weighted by molar-refractivity contribution is -0.115. The van der Waals surface area contributed by atoms with Crippen LogP contribution < -0.4 is 5.32 Å². The number of aromatic nitrogens is 5. The first-order chi connectivity index (χ1) is 12.0. The summed E-state index contributed by atoms with van der Waals surface area (Å²) < 4.78 is 7.12. The molecule has 0 bridgehead atoms. The fraction of sp³-hybridized carbons (Fsp3) is 0.312. The summed E-state index contributed by atoms with van der Waals surface area (Å²) in [6, 6.07) is 5.95. The highest BCUT2D eigenvalue weighted by Gasteiger charge is 2.19. The highest BCUT2D eigenvalue weighted by molar-refractivity contribution is 8.00. The van der Waals surface area contributed by atoms with Gasteiger partial charge in [-0.1, -0.05) is 23.9 Å². The zero-order valence-electron chi connectivity index (χ0n) is 14.1. The molecule has 0 spiro atoms. The van der Waals surface area contributed by atoms with Gasteiger partial charge >= 0.3 is 0 Å². The Morgan fingerprint density at radius 2 is 2.20 bits per heavy atom. The molecule has 1 amide bonds. The number of hydrogen-bond donors (Lipinski definition) is 1. The second-order valence-electron chi connectivity index (χ2n) is 5.62. The molecular formula is C16H18N6O2S. The average molecular weight is 358 g/mol. The quantitative estimate of drug-likeness (QED) is 0.676. The lowest BCUT2D eigenvalue weighted by Gasteiger charge is -2.12. The van der Waals surface area contributed by atoms with Crippen molar-refractivity contribution in [2.24, 2.45) is 0 Å². The van der Waals surface area contributed by atoms with E-state index in [0.29, 0.717) is 17.7 Å². The van der Waals surface area contributed by atoms with E-state index in [1.54, 1.807) is 17.9 Å². The lowest BCUT2D eigenvalue weighted by atomic mass is 10.1. The molecule has 1 aromatic carbocycles. The highest BCUT2D eigenvalue weighted by Crippen LogP contribution is 2.24. The number of hydrogen-bond acceptors (Lipinski definition) is 7. The SMILES string of the molecule is Cc1ccc(C)c(NC(=O)C(C)Sc2nnc(Cn3cncn3)o2)c1. The van der Waals surface area contributed by atoms with Crippen molar-refractivity contribution < 1.29 is 9.21 Å². The number of amides is 1. The monoisotopic (exact) mass is 358 g/mol. The number of nitrogens with one attached hydrogen (secondary N) is 1. The van der Waals surface area contributed by atoms with E-state index >= 15 is 0 Å². The molecule has 0 radical (unpaired) electrons. The maximum absolute atomic E-state index is 12.4. The van der Waals surface area contributed by atoms with Gasteiger partial charge in [-0.05, 0) is 38.0 Å². The van der Waals surface area contributed by atoms with Crippen LogP contribution >= 0.6 is 11.8 Å². The minimum atomic E-state index is -0.375. The topological polar surface area (TPSA) is 98.7 Å². The Bertz CT molecular complexity index is 861. The van der Waals surface area contributed by atoms with Crippen LogP contribution in [0, 0.1) is 13.8 Å². The molecule has 1 N–H and O–H groups in total. The van der Waals surface area contributed by atoms with Gasteiger partial charge in [0.25, 0.3) is 5.22 Å². The standard InChI is InChI=1S/C16H18N6O2S/c1-10-4-5-11(2)13(6-10)19-15(23)12(3)25-16-21-20-14(24-16)7-22-9-17-8-18-22/h4-6,8-9,12H,7H2,1-3H3,(H,19,23). The van der Waals surface area contributed by atoms with Gasteiger partial charge in [0.1, 0.15) is 19.2 Å². The van der Waals surface area contributed by atoms with Crippen LogP contribution in [-0.4, -0.2) is 36.1 Å². The van der Waals surface area contributed by atoms with Crippen molar-refractivity contribution in [3.8, 4) is 0 Å². The van der Waals surface area contributed by atoms with E-state index in [2.05, 4.69) is 25.6 Å². The summed E-state index contributed by atoms with van der Waals surface area (Å²) >= 11 is 1.22. The molecule has 1 unspecified atom stereocenters. The molecule has 8 nitrogen and oxygen atoms in total. The van der Waals surface area contributed by atoms with Crippen molar-refractivity contribution in [1.29, 1.82) is 0 Å². The van der Waals surface area contributed by atoms with Crippen LogP contribution in [0.4, 0.5) is 5.69 Å². The van der Waals surface area contributed by atoms with E-state index in [-0.39, 0.29) is 11.2 Å². The largest absolute Gasteiger partial charge is 0.414 e. The molecule has 130 valence electrons. The fourth-order valence-corrected chi connectivity index (χ4v) is 2.81. The molecule has 0 fully saturated rings. The molecule has 2 aromatic heterocycles. The number of carbonyl (C=O) groups is 1. The molecule has 0 aliphatic heterocycles. The van der Waals surface area contributed by atoms with Crippen LogP contribution in [0.15, 0.2) is 40.5 Å². The Hall–Kier alpha value is -2.68. The number of benzene rings is 1. The van der Waals surface area contributed by atoms with Crippen molar-refractivity contribution in [1.82, 2.24) is 25.0 Å². The number of carbonyl (C=O) groups excluding carboxylic acids is 1. The van der Waals surface area contributed by atoms with Crippen LogP contribution in [0.25, 0.3) is 0 Å². The molecule has 0 saturated carbocycles. The van der Waals surface area contributed by atoms with Crippen LogP contribution in [-0.2, 0) is 11.3 Å². The third-order valence-electron chi connectivity index (χ3n) is 3.51. The molecule has 0 aliphatic carbocycles. The molecule has 0 aliphatic rings. The second kappa shape index (κ2) is 7.47. The Kier molecular flexibility index (Phi) is 5.13. The van der Waals surface area contributed by atoms with Crippen molar-refractivity contribution in [2.75, 3.05) is 5.32 Å². The number of aryl methyl sites for hydroxylation is 2. The predicted octanol–water partition coefficient (Wildman–Crippen LogP) is 2.45. The number of nitrogens with zero attached hydrogens (tertiary/aromatic N) is 5. The van der Waals surface area contributed by atoms with Crippen molar-refractivity contribution >= 4 is 23.4 Å². The maximum atomic E-state index is 12.4. The average Bonchev–Trinajstić information content (AvgIpc) is 3.23. The normalized spacial score (nSPS) is 12.1. The van der Waals surface area contributed by atoms with Gasteiger partial charge in [-0.2, -0.15) is 5.10 Å². The lowest BCUT2D eigenvalue weighted by Crippen LogP contribution is -2.22. The van der Waals surface area contributed by atoms with E-state index in [1.807, 2.05) is 32.0 Å². The first kappa shape index (κ1) is 17.2. The Labute approximate surface area is 149 Å². The molecule has 3 aromatic rings. The molecule has 2 heterocycles. The van der Waals surface area contributed by atoms with E-state index in [0.717, 1.165) is 16.8 Å². The van der Waals surface area contributed by atoms with Crippen molar-refractivity contribution in [2.45, 2.75) is 37.8 Å². The summed E-state index contributed by atoms with van der Waals surface area (Å²) in [6.45, 7) is 6.09. The maximum Gasteiger partial charge on any atom is 0.277 e. The fourth-order valence-electron chi connectivity index (χ4n) is 2.11. The minimum Gasteiger partial charge on any atom is -0.414 e. The minimum absolute atomic E-state index is 0.116. The van der Waals surface area contributed by atoms with E-state index in [4.69, 9.17) is 4.42 Å². The summed E-state index contributed by atoms with van der Waals surface area (Å²) in [5, 5.41) is 14.8. The molecule has 3 rings (SSSR count). The Balaban J connectivity index is 1.60. The van der Waals surface area contributed by atoms with Gasteiger partial charge in [-0.25, -0.2) is 9.67 Å². The summed E-state index contributed by atoms with van der Waals surface area (Å²) in [7, 11) is 0. The van der Waals surface area contributed by atoms with Crippen molar-refractivity contribution in [3.63, 3.8) is 0 Å². The molecule has 25 heavy (non-hydrogen) atoms. The van der Waals surface area contributed by atoms with Crippen LogP contribution in [0.2, 0.25) is 0 Å². The molecular weight excluding hydrogens is 340 g/mol. The summed E-state index contributed by atoms with van der Waals surface area (Å²) in [6.07, 6.45) is 3.00. The first-order valence-corrected chi connectivity index (χ1v) is 8.59. The number of rotatable bonds is 6. The van der Waals surface area contributed by atoms with Gasteiger partial charge < -0.3 is 9.73 Å². The summed E-state index contributed by atoms with van der Waals surface area (Å²) in [4.78, 5) is 16.3. The van der Waals surface area contributed by atoms with Crippen molar-refractivity contribution in [3.05, 3.63) is 47.9 Å². The van der Waals surface area contributed by atoms with Crippen LogP contribution in [0.3, 0.4) is 0 Å². The highest BCUT2D eigenvalue weighted by atomic mass is 32.2. The van der Waals surface area contributed by atoms with Gasteiger partial charge in [0, 0.05) is 5.69 Å². The zero-order valence-corrected chi connectivity index (χ0v) is 14.9. The van der Waals surface area contributed by atoms with Crippen LogP contribution in [0.5, 0.6) is 0 Å². The Morgan fingerprint density at radius 1 is 1.36 bits per heavy atom. The van der Waals surface area contributed by atoms with E-state index in [9.17, 15) is 4.79 Å². The van der Waals surface area contributed by atoms with Gasteiger partial charge in [0.2, 0.25) is 11.8 Å². The first-order valence-electron chi connectivity index (χ1n) is 7.71. The summed E-state index contributed by atoms with van der Waals surface area (Å²) in [5.74, 6) is 0.296. The van der Waals surface area contributed by atoms with E-state index < -0.39 is 0 Å². The second-order valence-corrected chi connectivity index (χ2v) is 6.91. The van der Waals surface area contributed by atoms with Gasteiger partial charge in [0.05, 0.1) is 5.25 Å². The summed E-state index contributed by atoms with van der Waals surface area (Å²) in [5.41, 5.74) is 2.93. The molecule has 1 atom stereocenters. The number of anilines is 1. The van der Waals surface area contributed by atoms with Crippen LogP contribution in [0.1, 0.15) is 23.9 Å². The number of thioether (sulfide) groups is 1. The van der Waals surface area contributed by atoms with Gasteiger partial charge in [-0.15, -0.1) is 10.2 Å². The smallest absolute Gasteiger partial charge is 0.277 e. The third-order valence-corrected chi connectivity index (χ3v) is 4.44. The predicted molar refractivity (Wildman–Crippen MR) is 93.3 cm³/mol. The molecule has 0 saturated heterocycles. The van der Waals surface area contributed by atoms with Gasteiger partial charge in [0.15, 0.2) is 0 Å². The van der Waals surface area contributed by atoms with Gasteiger partial charge in [-0.3, -0.25) is 4.79 Å². The Morgan fingerprint density at radius 3 is 2.96 bits per heavy atom. The third kappa shape index (κ3) is 4.44. The molecule has 9 heteroatoms. The zero-order chi connectivity index (χ0) is 17.8.